The quantitative estimate of drug-likeness (QED) is 0.867. The highest BCUT2D eigenvalue weighted by Crippen LogP contribution is 2.35. The van der Waals surface area contributed by atoms with E-state index in [2.05, 4.69) is 62.1 Å². The van der Waals surface area contributed by atoms with Gasteiger partial charge in [0.2, 0.25) is 0 Å². The van der Waals surface area contributed by atoms with Crippen LogP contribution in [0.25, 0.3) is 10.9 Å². The van der Waals surface area contributed by atoms with Crippen LogP contribution in [-0.4, -0.2) is 30.5 Å². The Bertz CT molecular complexity index is 542. The lowest BCUT2D eigenvalue weighted by atomic mass is 9.89. The largest absolute Gasteiger partial charge is 0.358 e. The molecule has 2 rings (SSSR count). The van der Waals surface area contributed by atoms with Crippen LogP contribution < -0.4 is 5.73 Å². The first kappa shape index (κ1) is 14.1. The van der Waals surface area contributed by atoms with Crippen molar-refractivity contribution in [2.45, 2.75) is 26.3 Å². The highest BCUT2D eigenvalue weighted by atomic mass is 15.1. The van der Waals surface area contributed by atoms with Crippen molar-refractivity contribution >= 4 is 10.9 Å². The zero-order valence-corrected chi connectivity index (χ0v) is 12.4. The second-order valence-corrected chi connectivity index (χ2v) is 5.67. The van der Waals surface area contributed by atoms with Crippen molar-refractivity contribution in [1.29, 1.82) is 0 Å². The summed E-state index contributed by atoms with van der Waals surface area (Å²) in [4.78, 5) is 5.81. The fourth-order valence-electron chi connectivity index (χ4n) is 3.15. The van der Waals surface area contributed by atoms with E-state index in [0.29, 0.717) is 12.0 Å². The summed E-state index contributed by atoms with van der Waals surface area (Å²) in [5, 5.41) is 1.34. The van der Waals surface area contributed by atoms with Gasteiger partial charge >= 0.3 is 0 Å². The molecule has 2 unspecified atom stereocenters. The predicted octanol–water partition coefficient (Wildman–Crippen LogP) is 3.06. The number of aromatic nitrogens is 1. The molecular formula is C16H25N3. The van der Waals surface area contributed by atoms with E-state index in [0.717, 1.165) is 13.0 Å². The van der Waals surface area contributed by atoms with Crippen LogP contribution in [0.1, 0.15) is 30.6 Å². The molecule has 19 heavy (non-hydrogen) atoms. The Morgan fingerprint density at radius 1 is 1.26 bits per heavy atom. The van der Waals surface area contributed by atoms with Crippen LogP contribution in [0, 0.1) is 12.8 Å². The molecule has 0 aliphatic heterocycles. The molecule has 0 radical (unpaired) electrons. The molecule has 0 aliphatic carbocycles. The Morgan fingerprint density at radius 2 is 1.95 bits per heavy atom. The third kappa shape index (κ3) is 2.67. The van der Waals surface area contributed by atoms with E-state index in [1.165, 1.54) is 22.2 Å². The van der Waals surface area contributed by atoms with Gasteiger partial charge in [0, 0.05) is 22.6 Å². The second kappa shape index (κ2) is 5.76. The molecule has 3 heteroatoms. The average molecular weight is 259 g/mol. The van der Waals surface area contributed by atoms with Crippen molar-refractivity contribution in [2.75, 3.05) is 20.6 Å². The van der Waals surface area contributed by atoms with E-state index in [4.69, 9.17) is 5.73 Å². The van der Waals surface area contributed by atoms with E-state index in [1.807, 2.05) is 0 Å². The number of aromatic amines is 1. The molecule has 3 N–H and O–H groups in total. The molecule has 0 bridgehead atoms. The fourth-order valence-corrected chi connectivity index (χ4v) is 3.15. The van der Waals surface area contributed by atoms with Gasteiger partial charge < -0.3 is 15.6 Å². The Balaban J connectivity index is 2.52. The number of nitrogens with one attached hydrogen (secondary N) is 1. The summed E-state index contributed by atoms with van der Waals surface area (Å²) in [6.07, 6.45) is 1.04. The highest BCUT2D eigenvalue weighted by molar-refractivity contribution is 5.85. The first-order valence-electron chi connectivity index (χ1n) is 7.00. The summed E-state index contributed by atoms with van der Waals surface area (Å²) in [6, 6.07) is 8.95. The number of fused-ring (bicyclic) bond motifs is 1. The Kier molecular flexibility index (Phi) is 4.27. The predicted molar refractivity (Wildman–Crippen MR) is 82.3 cm³/mol. The van der Waals surface area contributed by atoms with Gasteiger partial charge in [-0.15, -0.1) is 0 Å². The van der Waals surface area contributed by atoms with Gasteiger partial charge in [-0.05, 0) is 51.5 Å². The van der Waals surface area contributed by atoms with Crippen LogP contribution in [0.5, 0.6) is 0 Å². The number of para-hydroxylation sites is 1. The number of nitrogens with zero attached hydrogens (tertiary/aromatic N) is 1. The maximum atomic E-state index is 5.75. The third-order valence-corrected chi connectivity index (χ3v) is 3.96. The molecule has 2 atom stereocenters. The van der Waals surface area contributed by atoms with Gasteiger partial charge in [-0.3, -0.25) is 0 Å². The normalized spacial score (nSPS) is 15.1. The molecule has 104 valence electrons. The second-order valence-electron chi connectivity index (χ2n) is 5.67. The van der Waals surface area contributed by atoms with E-state index in [-0.39, 0.29) is 0 Å². The van der Waals surface area contributed by atoms with Crippen LogP contribution in [0.2, 0.25) is 0 Å². The molecular weight excluding hydrogens is 234 g/mol. The van der Waals surface area contributed by atoms with Crippen LogP contribution in [0.15, 0.2) is 24.3 Å². The summed E-state index contributed by atoms with van der Waals surface area (Å²) in [5.74, 6) is 0.540. The van der Waals surface area contributed by atoms with E-state index in [9.17, 15) is 0 Å². The summed E-state index contributed by atoms with van der Waals surface area (Å²) >= 11 is 0. The van der Waals surface area contributed by atoms with Crippen LogP contribution in [0.4, 0.5) is 0 Å². The van der Waals surface area contributed by atoms with E-state index in [1.54, 1.807) is 0 Å². The zero-order valence-electron chi connectivity index (χ0n) is 12.4. The van der Waals surface area contributed by atoms with Crippen molar-refractivity contribution in [2.24, 2.45) is 11.7 Å². The lowest BCUT2D eigenvalue weighted by molar-refractivity contribution is 0.217. The Morgan fingerprint density at radius 3 is 2.58 bits per heavy atom. The van der Waals surface area contributed by atoms with Crippen LogP contribution in [-0.2, 0) is 0 Å². The van der Waals surface area contributed by atoms with Gasteiger partial charge in [-0.2, -0.15) is 0 Å². The number of hydrogen-bond donors (Lipinski definition) is 2. The Labute approximate surface area is 115 Å². The minimum atomic E-state index is 0.402. The smallest absolute Gasteiger partial charge is 0.0459 e. The first-order valence-corrected chi connectivity index (χ1v) is 7.00. The summed E-state index contributed by atoms with van der Waals surface area (Å²) in [5.41, 5.74) is 9.65. The number of rotatable bonds is 5. The van der Waals surface area contributed by atoms with E-state index >= 15 is 0 Å². The molecule has 0 fully saturated rings. The molecule has 1 aromatic carbocycles. The van der Waals surface area contributed by atoms with Crippen LogP contribution in [0.3, 0.4) is 0 Å². The SMILES string of the molecule is Cc1[nH]c2ccccc2c1C(C(C)CCN)N(C)C. The minimum absolute atomic E-state index is 0.402. The number of benzene rings is 1. The molecule has 0 aliphatic rings. The third-order valence-electron chi connectivity index (χ3n) is 3.96. The van der Waals surface area contributed by atoms with Crippen molar-refractivity contribution < 1.29 is 0 Å². The summed E-state index contributed by atoms with van der Waals surface area (Å²) in [6.45, 7) is 5.20. The molecule has 1 heterocycles. The highest BCUT2D eigenvalue weighted by Gasteiger charge is 2.25. The number of nitrogens with two attached hydrogens (primary N) is 1. The van der Waals surface area contributed by atoms with Gasteiger partial charge in [0.25, 0.3) is 0 Å². The lowest BCUT2D eigenvalue weighted by Gasteiger charge is -2.30. The Hall–Kier alpha value is -1.32. The number of H-pyrrole nitrogens is 1. The fraction of sp³-hybridized carbons (Fsp3) is 0.500. The molecule has 0 spiro atoms. The maximum absolute atomic E-state index is 5.75. The number of aryl methyl sites for hydroxylation is 1. The average Bonchev–Trinajstić information content (AvgIpc) is 2.67. The van der Waals surface area contributed by atoms with Crippen molar-refractivity contribution in [3.8, 4) is 0 Å². The summed E-state index contributed by atoms with van der Waals surface area (Å²) < 4.78 is 0. The molecule has 0 saturated heterocycles. The monoisotopic (exact) mass is 259 g/mol. The van der Waals surface area contributed by atoms with Gasteiger partial charge in [0.15, 0.2) is 0 Å². The standard InChI is InChI=1S/C16H25N3/c1-11(9-10-17)16(19(3)4)15-12(2)18-14-8-6-5-7-13(14)15/h5-8,11,16,18H,9-10,17H2,1-4H3. The van der Waals surface area contributed by atoms with Crippen molar-refractivity contribution in [1.82, 2.24) is 9.88 Å². The topological polar surface area (TPSA) is 45.1 Å². The van der Waals surface area contributed by atoms with E-state index < -0.39 is 0 Å². The zero-order chi connectivity index (χ0) is 14.0. The summed E-state index contributed by atoms with van der Waals surface area (Å²) in [7, 11) is 4.30. The van der Waals surface area contributed by atoms with Gasteiger partial charge in [-0.1, -0.05) is 25.1 Å². The van der Waals surface area contributed by atoms with Gasteiger partial charge in [0.1, 0.15) is 0 Å². The number of hydrogen-bond acceptors (Lipinski definition) is 2. The van der Waals surface area contributed by atoms with Crippen molar-refractivity contribution in [3.63, 3.8) is 0 Å². The van der Waals surface area contributed by atoms with Gasteiger partial charge in [0.05, 0.1) is 0 Å². The first-order chi connectivity index (χ1) is 9.06. The molecule has 2 aromatic rings. The minimum Gasteiger partial charge on any atom is -0.358 e. The van der Waals surface area contributed by atoms with Crippen LogP contribution >= 0.6 is 0 Å². The molecule has 0 amide bonds. The molecule has 0 saturated carbocycles. The van der Waals surface area contributed by atoms with Crippen molar-refractivity contribution in [3.05, 3.63) is 35.5 Å². The lowest BCUT2D eigenvalue weighted by Crippen LogP contribution is -2.27. The molecule has 3 nitrogen and oxygen atoms in total. The maximum Gasteiger partial charge on any atom is 0.0459 e. The van der Waals surface area contributed by atoms with Gasteiger partial charge in [-0.25, -0.2) is 0 Å². The molecule has 1 aromatic heterocycles.